The van der Waals surface area contributed by atoms with Gasteiger partial charge in [-0.25, -0.2) is 0 Å². The van der Waals surface area contributed by atoms with Gasteiger partial charge in [-0.3, -0.25) is 4.79 Å². The molecule has 3 rings (SSSR count). The summed E-state index contributed by atoms with van der Waals surface area (Å²) in [5.41, 5.74) is 5.42. The molecule has 0 fully saturated rings. The normalized spacial score (nSPS) is 11.2. The summed E-state index contributed by atoms with van der Waals surface area (Å²) in [4.78, 5) is 14.8. The van der Waals surface area contributed by atoms with Gasteiger partial charge in [0.25, 0.3) is 5.56 Å². The van der Waals surface area contributed by atoms with E-state index in [1.54, 1.807) is 6.92 Å². The largest absolute Gasteiger partial charge is 0.321 e. The number of hydrogen-bond acceptors (Lipinski definition) is 4. The minimum Gasteiger partial charge on any atom is -0.321 e. The summed E-state index contributed by atoms with van der Waals surface area (Å²) in [6.45, 7) is 7.67. The maximum absolute atomic E-state index is 12.0. The third kappa shape index (κ3) is 3.06. The topological polar surface area (TPSA) is 81.4 Å². The average Bonchev–Trinajstić information content (AvgIpc) is 2.56. The number of fused-ring (bicyclic) bond motifs is 1. The van der Waals surface area contributed by atoms with Gasteiger partial charge in [-0.1, -0.05) is 22.0 Å². The standard InChI is InChI=1S/C20H17BrN4O/c1-10-5-6-16-17(13(4)15(9-22)20(26)23-16)19(10)25-24-18-11(2)7-14(21)8-12(18)3/h5-8H,1-4H3,(H,23,26). The summed E-state index contributed by atoms with van der Waals surface area (Å²) in [7, 11) is 0. The predicted molar refractivity (Wildman–Crippen MR) is 107 cm³/mol. The van der Waals surface area contributed by atoms with Gasteiger partial charge >= 0.3 is 0 Å². The van der Waals surface area contributed by atoms with E-state index in [1.807, 2.05) is 51.1 Å². The number of aromatic amines is 1. The monoisotopic (exact) mass is 408 g/mol. The highest BCUT2D eigenvalue weighted by Crippen LogP contribution is 2.35. The zero-order chi connectivity index (χ0) is 19.0. The maximum atomic E-state index is 12.0. The Kier molecular flexibility index (Phi) is 4.75. The van der Waals surface area contributed by atoms with E-state index in [-0.39, 0.29) is 11.1 Å². The van der Waals surface area contributed by atoms with Crippen molar-refractivity contribution in [3.05, 3.63) is 66.9 Å². The number of nitrogens with zero attached hydrogens (tertiary/aromatic N) is 3. The molecule has 1 heterocycles. The predicted octanol–water partition coefficient (Wildman–Crippen LogP) is 5.81. The van der Waals surface area contributed by atoms with Crippen molar-refractivity contribution in [2.75, 3.05) is 0 Å². The molecule has 2 aromatic carbocycles. The van der Waals surface area contributed by atoms with Gasteiger partial charge < -0.3 is 4.98 Å². The Morgan fingerprint density at radius 3 is 2.23 bits per heavy atom. The third-order valence-electron chi connectivity index (χ3n) is 4.42. The number of H-pyrrole nitrogens is 1. The fourth-order valence-electron chi connectivity index (χ4n) is 3.08. The van der Waals surface area contributed by atoms with Crippen LogP contribution in [-0.2, 0) is 0 Å². The second-order valence-electron chi connectivity index (χ2n) is 6.31. The molecule has 0 aliphatic rings. The number of halogens is 1. The van der Waals surface area contributed by atoms with Crippen molar-refractivity contribution in [1.29, 1.82) is 5.26 Å². The molecule has 0 bridgehead atoms. The van der Waals surface area contributed by atoms with E-state index in [1.165, 1.54) is 0 Å². The van der Waals surface area contributed by atoms with E-state index >= 15 is 0 Å². The smallest absolute Gasteiger partial charge is 0.266 e. The fourth-order valence-corrected chi connectivity index (χ4v) is 3.77. The lowest BCUT2D eigenvalue weighted by molar-refractivity contribution is 1.17. The first-order valence-corrected chi connectivity index (χ1v) is 8.87. The van der Waals surface area contributed by atoms with Crippen molar-refractivity contribution in [3.63, 3.8) is 0 Å². The lowest BCUT2D eigenvalue weighted by Crippen LogP contribution is -2.12. The Morgan fingerprint density at radius 2 is 1.62 bits per heavy atom. The minimum absolute atomic E-state index is 0.107. The number of benzene rings is 2. The van der Waals surface area contributed by atoms with Gasteiger partial charge in [0.05, 0.1) is 16.9 Å². The molecule has 0 aliphatic carbocycles. The first-order chi connectivity index (χ1) is 12.3. The number of aryl methyl sites for hydroxylation is 4. The van der Waals surface area contributed by atoms with Crippen molar-refractivity contribution in [2.45, 2.75) is 27.7 Å². The van der Waals surface area contributed by atoms with Crippen LogP contribution in [0.25, 0.3) is 10.9 Å². The van der Waals surface area contributed by atoms with Gasteiger partial charge in [-0.05, 0) is 68.1 Å². The Bertz CT molecular complexity index is 1150. The number of pyridine rings is 1. The van der Waals surface area contributed by atoms with Gasteiger partial charge in [0, 0.05) is 9.86 Å². The van der Waals surface area contributed by atoms with E-state index < -0.39 is 0 Å². The molecule has 0 saturated heterocycles. The number of nitriles is 1. The quantitative estimate of drug-likeness (QED) is 0.542. The number of aromatic nitrogens is 1. The molecule has 0 aliphatic heterocycles. The van der Waals surface area contributed by atoms with E-state index in [0.29, 0.717) is 16.8 Å². The van der Waals surface area contributed by atoms with Crippen LogP contribution >= 0.6 is 15.9 Å². The summed E-state index contributed by atoms with van der Waals surface area (Å²) < 4.78 is 1.000. The van der Waals surface area contributed by atoms with E-state index in [4.69, 9.17) is 0 Å². The average molecular weight is 409 g/mol. The number of hydrogen-bond donors (Lipinski definition) is 1. The Labute approximate surface area is 159 Å². The van der Waals surface area contributed by atoms with Crippen LogP contribution in [0.2, 0.25) is 0 Å². The van der Waals surface area contributed by atoms with Crippen molar-refractivity contribution >= 4 is 38.2 Å². The number of rotatable bonds is 2. The van der Waals surface area contributed by atoms with Gasteiger partial charge in [0.15, 0.2) is 0 Å². The highest BCUT2D eigenvalue weighted by Gasteiger charge is 2.14. The first-order valence-electron chi connectivity index (χ1n) is 8.08. The molecule has 0 spiro atoms. The van der Waals surface area contributed by atoms with Crippen molar-refractivity contribution in [2.24, 2.45) is 10.2 Å². The molecule has 0 saturated carbocycles. The van der Waals surface area contributed by atoms with E-state index in [0.717, 1.165) is 32.2 Å². The molecule has 1 aromatic heterocycles. The van der Waals surface area contributed by atoms with Gasteiger partial charge in [-0.2, -0.15) is 5.26 Å². The number of azo groups is 1. The minimum atomic E-state index is -0.385. The van der Waals surface area contributed by atoms with Crippen molar-refractivity contribution < 1.29 is 0 Å². The zero-order valence-corrected chi connectivity index (χ0v) is 16.5. The molecule has 0 radical (unpaired) electrons. The summed E-state index contributed by atoms with van der Waals surface area (Å²) in [5.74, 6) is 0. The molecule has 1 N–H and O–H groups in total. The summed E-state index contributed by atoms with van der Waals surface area (Å²) in [6, 6.07) is 9.68. The number of nitrogens with one attached hydrogen (secondary N) is 1. The molecule has 0 atom stereocenters. The van der Waals surface area contributed by atoms with Crippen LogP contribution in [0.4, 0.5) is 11.4 Å². The van der Waals surface area contributed by atoms with Gasteiger partial charge in [0.2, 0.25) is 0 Å². The molecular formula is C20H17BrN4O. The first kappa shape index (κ1) is 18.0. The van der Waals surface area contributed by atoms with E-state index in [9.17, 15) is 10.1 Å². The molecule has 6 heteroatoms. The fraction of sp³-hybridized carbons (Fsp3) is 0.200. The SMILES string of the molecule is Cc1cc(Br)cc(C)c1N=Nc1c(C)ccc2[nH]c(=O)c(C#N)c(C)c12. The lowest BCUT2D eigenvalue weighted by Gasteiger charge is -2.10. The maximum Gasteiger partial charge on any atom is 0.266 e. The highest BCUT2D eigenvalue weighted by molar-refractivity contribution is 9.10. The summed E-state index contributed by atoms with van der Waals surface area (Å²) >= 11 is 3.48. The zero-order valence-electron chi connectivity index (χ0n) is 14.9. The molecular weight excluding hydrogens is 392 g/mol. The Hall–Kier alpha value is -2.78. The third-order valence-corrected chi connectivity index (χ3v) is 4.88. The van der Waals surface area contributed by atoms with Crippen LogP contribution in [0.3, 0.4) is 0 Å². The molecule has 130 valence electrons. The second-order valence-corrected chi connectivity index (χ2v) is 7.22. The van der Waals surface area contributed by atoms with Crippen molar-refractivity contribution in [3.8, 4) is 6.07 Å². The lowest BCUT2D eigenvalue weighted by atomic mass is 10.0. The van der Waals surface area contributed by atoms with Crippen LogP contribution in [0.1, 0.15) is 27.8 Å². The van der Waals surface area contributed by atoms with Crippen LogP contribution in [0.15, 0.2) is 43.8 Å². The van der Waals surface area contributed by atoms with Crippen LogP contribution < -0.4 is 5.56 Å². The molecule has 3 aromatic rings. The molecule has 26 heavy (non-hydrogen) atoms. The van der Waals surface area contributed by atoms with Crippen molar-refractivity contribution in [1.82, 2.24) is 4.98 Å². The second kappa shape index (κ2) is 6.85. The van der Waals surface area contributed by atoms with E-state index in [2.05, 4.69) is 31.1 Å². The molecule has 0 amide bonds. The van der Waals surface area contributed by atoms with Crippen LogP contribution in [0, 0.1) is 39.0 Å². The van der Waals surface area contributed by atoms with Crippen LogP contribution in [0.5, 0.6) is 0 Å². The van der Waals surface area contributed by atoms with Gasteiger partial charge in [-0.15, -0.1) is 10.2 Å². The van der Waals surface area contributed by atoms with Gasteiger partial charge in [0.1, 0.15) is 11.6 Å². The highest BCUT2D eigenvalue weighted by atomic mass is 79.9. The van der Waals surface area contributed by atoms with Crippen LogP contribution in [-0.4, -0.2) is 4.98 Å². The summed E-state index contributed by atoms with van der Waals surface area (Å²) in [5, 5.41) is 19.0. The molecule has 5 nitrogen and oxygen atoms in total. The Morgan fingerprint density at radius 1 is 1.00 bits per heavy atom. The Balaban J connectivity index is 2.28. The molecule has 0 unspecified atom stereocenters. The summed E-state index contributed by atoms with van der Waals surface area (Å²) in [6.07, 6.45) is 0.